The molecule has 0 radical (unpaired) electrons. The number of nitrogens with one attached hydrogen (secondary N) is 2. The van der Waals surface area contributed by atoms with Crippen molar-refractivity contribution < 1.29 is 14.1 Å². The fraction of sp³-hybridized carbons (Fsp3) is 0.286. The van der Waals surface area contributed by atoms with E-state index < -0.39 is 5.25 Å². The van der Waals surface area contributed by atoms with Crippen molar-refractivity contribution in [2.45, 2.75) is 19.1 Å². The third-order valence-corrected chi connectivity index (χ3v) is 3.93. The highest BCUT2D eigenvalue weighted by atomic mass is 32.2. The lowest BCUT2D eigenvalue weighted by molar-refractivity contribution is -0.115. The van der Waals surface area contributed by atoms with E-state index in [4.69, 9.17) is 10.3 Å². The predicted molar refractivity (Wildman–Crippen MR) is 89.1 cm³/mol. The molecule has 0 fully saturated rings. The predicted octanol–water partition coefficient (Wildman–Crippen LogP) is 1.66. The van der Waals surface area contributed by atoms with E-state index in [9.17, 15) is 9.59 Å². The van der Waals surface area contributed by atoms with Crippen LogP contribution in [-0.2, 0) is 9.59 Å². The van der Waals surface area contributed by atoms with E-state index in [0.717, 1.165) is 0 Å². The Kier molecular flexibility index (Phi) is 5.58. The quantitative estimate of drug-likeness (QED) is 0.733. The maximum atomic E-state index is 12.0. The molecule has 9 heteroatoms. The summed E-state index contributed by atoms with van der Waals surface area (Å²) in [6, 6.07) is 4.88. The summed E-state index contributed by atoms with van der Waals surface area (Å²) in [5, 5.41) is 8.57. The van der Waals surface area contributed by atoms with Crippen molar-refractivity contribution in [3.8, 4) is 0 Å². The van der Waals surface area contributed by atoms with Gasteiger partial charge in [-0.3, -0.25) is 9.59 Å². The summed E-state index contributed by atoms with van der Waals surface area (Å²) in [6.07, 6.45) is 1.47. The summed E-state index contributed by atoms with van der Waals surface area (Å²) in [4.78, 5) is 27.7. The largest absolute Gasteiger partial charge is 0.384 e. The number of carbonyl (C=O) groups is 2. The standard InChI is InChI=1S/C14H17N5O3S/c1-8-5-12(19-22-8)18-14(21)9(2)23-7-13(20)17-10-3-4-11(15)16-6-10/h3-6,9H,7H2,1-2H3,(H2,15,16)(H,17,20)(H,18,19,21). The van der Waals surface area contributed by atoms with Gasteiger partial charge in [-0.05, 0) is 26.0 Å². The summed E-state index contributed by atoms with van der Waals surface area (Å²) < 4.78 is 4.87. The second-order valence-corrected chi connectivity index (χ2v) is 6.11. The topological polar surface area (TPSA) is 123 Å². The van der Waals surface area contributed by atoms with Crippen LogP contribution in [0, 0.1) is 6.92 Å². The number of hydrogen-bond acceptors (Lipinski definition) is 7. The Bertz CT molecular complexity index is 686. The monoisotopic (exact) mass is 335 g/mol. The first-order valence-electron chi connectivity index (χ1n) is 6.81. The van der Waals surface area contributed by atoms with Crippen LogP contribution in [0.1, 0.15) is 12.7 Å². The highest BCUT2D eigenvalue weighted by Gasteiger charge is 2.16. The summed E-state index contributed by atoms with van der Waals surface area (Å²) in [7, 11) is 0. The zero-order valence-corrected chi connectivity index (χ0v) is 13.5. The number of nitrogen functional groups attached to an aromatic ring is 1. The Labute approximate surface area is 137 Å². The van der Waals surface area contributed by atoms with Gasteiger partial charge in [-0.15, -0.1) is 11.8 Å². The number of nitrogens with zero attached hydrogens (tertiary/aromatic N) is 2. The van der Waals surface area contributed by atoms with Crippen LogP contribution in [0.5, 0.6) is 0 Å². The second kappa shape index (κ2) is 7.63. The lowest BCUT2D eigenvalue weighted by Gasteiger charge is -2.10. The number of anilines is 3. The molecule has 23 heavy (non-hydrogen) atoms. The first-order valence-corrected chi connectivity index (χ1v) is 7.86. The van der Waals surface area contributed by atoms with Gasteiger partial charge in [-0.2, -0.15) is 0 Å². The van der Waals surface area contributed by atoms with Crippen LogP contribution in [0.25, 0.3) is 0 Å². The van der Waals surface area contributed by atoms with Gasteiger partial charge in [0, 0.05) is 6.07 Å². The third-order valence-electron chi connectivity index (χ3n) is 2.78. The zero-order chi connectivity index (χ0) is 16.8. The van der Waals surface area contributed by atoms with Gasteiger partial charge >= 0.3 is 0 Å². The molecule has 0 saturated carbocycles. The lowest BCUT2D eigenvalue weighted by atomic mass is 10.4. The van der Waals surface area contributed by atoms with Gasteiger partial charge in [-0.25, -0.2) is 4.98 Å². The van der Waals surface area contributed by atoms with E-state index in [2.05, 4.69) is 20.8 Å². The molecule has 2 amide bonds. The Morgan fingerprint density at radius 2 is 2.17 bits per heavy atom. The third kappa shape index (κ3) is 5.29. The van der Waals surface area contributed by atoms with Gasteiger partial charge in [0.05, 0.1) is 22.9 Å². The molecule has 0 spiro atoms. The number of pyridine rings is 1. The van der Waals surface area contributed by atoms with Crippen molar-refractivity contribution in [1.82, 2.24) is 10.1 Å². The Morgan fingerprint density at radius 3 is 2.78 bits per heavy atom. The SMILES string of the molecule is Cc1cc(NC(=O)C(C)SCC(=O)Nc2ccc(N)nc2)no1. The van der Waals surface area contributed by atoms with Crippen LogP contribution in [0.15, 0.2) is 28.9 Å². The van der Waals surface area contributed by atoms with Crippen molar-refractivity contribution in [2.75, 3.05) is 22.1 Å². The number of amides is 2. The van der Waals surface area contributed by atoms with E-state index in [1.165, 1.54) is 18.0 Å². The van der Waals surface area contributed by atoms with Crippen LogP contribution < -0.4 is 16.4 Å². The number of carbonyl (C=O) groups excluding carboxylic acids is 2. The molecule has 1 atom stereocenters. The zero-order valence-electron chi connectivity index (χ0n) is 12.7. The van der Waals surface area contributed by atoms with Gasteiger partial charge in [0.25, 0.3) is 0 Å². The molecule has 2 aromatic rings. The molecular weight excluding hydrogens is 318 g/mol. The molecule has 2 rings (SSSR count). The van der Waals surface area contributed by atoms with Crippen molar-refractivity contribution >= 4 is 40.9 Å². The molecule has 0 bridgehead atoms. The lowest BCUT2D eigenvalue weighted by Crippen LogP contribution is -2.25. The molecule has 0 aliphatic heterocycles. The molecule has 2 aromatic heterocycles. The number of thioether (sulfide) groups is 1. The number of rotatable bonds is 6. The number of hydrogen-bond donors (Lipinski definition) is 3. The van der Waals surface area contributed by atoms with E-state index >= 15 is 0 Å². The maximum Gasteiger partial charge on any atom is 0.238 e. The molecule has 0 aliphatic carbocycles. The minimum atomic E-state index is -0.415. The molecular formula is C14H17N5O3S. The van der Waals surface area contributed by atoms with Crippen molar-refractivity contribution in [3.63, 3.8) is 0 Å². The minimum absolute atomic E-state index is 0.136. The smallest absolute Gasteiger partial charge is 0.238 e. The second-order valence-electron chi connectivity index (χ2n) is 4.79. The average Bonchev–Trinajstić information content (AvgIpc) is 2.92. The number of nitrogens with two attached hydrogens (primary N) is 1. The van der Waals surface area contributed by atoms with E-state index in [0.29, 0.717) is 23.1 Å². The first kappa shape index (κ1) is 16.8. The Hall–Kier alpha value is -2.55. The average molecular weight is 335 g/mol. The highest BCUT2D eigenvalue weighted by molar-refractivity contribution is 8.01. The fourth-order valence-electron chi connectivity index (χ4n) is 1.61. The molecule has 8 nitrogen and oxygen atoms in total. The van der Waals surface area contributed by atoms with Gasteiger partial charge in [0.15, 0.2) is 5.82 Å². The summed E-state index contributed by atoms with van der Waals surface area (Å²) in [5.74, 6) is 1.01. The summed E-state index contributed by atoms with van der Waals surface area (Å²) >= 11 is 1.21. The highest BCUT2D eigenvalue weighted by Crippen LogP contribution is 2.15. The normalized spacial score (nSPS) is 11.7. The Balaban J connectivity index is 1.76. The van der Waals surface area contributed by atoms with Gasteiger partial charge in [0.2, 0.25) is 11.8 Å². The number of aryl methyl sites for hydroxylation is 1. The van der Waals surface area contributed by atoms with Crippen molar-refractivity contribution in [3.05, 3.63) is 30.2 Å². The van der Waals surface area contributed by atoms with E-state index in [1.807, 2.05) is 0 Å². The molecule has 4 N–H and O–H groups in total. The van der Waals surface area contributed by atoms with E-state index in [-0.39, 0.29) is 17.6 Å². The van der Waals surface area contributed by atoms with Gasteiger partial charge < -0.3 is 20.9 Å². The molecule has 122 valence electrons. The molecule has 2 heterocycles. The fourth-order valence-corrected chi connectivity index (χ4v) is 2.29. The summed E-state index contributed by atoms with van der Waals surface area (Å²) in [6.45, 7) is 3.45. The van der Waals surface area contributed by atoms with Crippen LogP contribution in [0.4, 0.5) is 17.3 Å². The molecule has 0 aliphatic rings. The first-order chi connectivity index (χ1) is 10.9. The van der Waals surface area contributed by atoms with Crippen LogP contribution in [0.3, 0.4) is 0 Å². The van der Waals surface area contributed by atoms with Crippen LogP contribution in [-0.4, -0.2) is 33.0 Å². The van der Waals surface area contributed by atoms with Crippen LogP contribution >= 0.6 is 11.8 Å². The Morgan fingerprint density at radius 1 is 1.39 bits per heavy atom. The molecule has 0 aromatic carbocycles. The van der Waals surface area contributed by atoms with Crippen molar-refractivity contribution in [2.24, 2.45) is 0 Å². The maximum absolute atomic E-state index is 12.0. The van der Waals surface area contributed by atoms with Crippen molar-refractivity contribution in [1.29, 1.82) is 0 Å². The van der Waals surface area contributed by atoms with Gasteiger partial charge in [-0.1, -0.05) is 5.16 Å². The van der Waals surface area contributed by atoms with Gasteiger partial charge in [0.1, 0.15) is 11.6 Å². The molecule has 0 saturated heterocycles. The van der Waals surface area contributed by atoms with Crippen LogP contribution in [0.2, 0.25) is 0 Å². The van der Waals surface area contributed by atoms with E-state index in [1.54, 1.807) is 32.0 Å². The summed E-state index contributed by atoms with van der Waals surface area (Å²) in [5.41, 5.74) is 6.03. The number of aromatic nitrogens is 2. The minimum Gasteiger partial charge on any atom is -0.384 e. The molecule has 1 unspecified atom stereocenters.